The summed E-state index contributed by atoms with van der Waals surface area (Å²) in [5.74, 6) is 1.61. The second-order valence-corrected chi connectivity index (χ2v) is 6.32. The van der Waals surface area contributed by atoms with Gasteiger partial charge in [0.1, 0.15) is 5.75 Å². The lowest BCUT2D eigenvalue weighted by Gasteiger charge is -2.28. The highest BCUT2D eigenvalue weighted by atomic mass is 79.9. The minimum absolute atomic E-state index is 0.414. The molecule has 120 valence electrons. The van der Waals surface area contributed by atoms with E-state index >= 15 is 0 Å². The average molecular weight is 356 g/mol. The number of ether oxygens (including phenoxy) is 1. The van der Waals surface area contributed by atoms with Crippen molar-refractivity contribution < 1.29 is 4.74 Å². The molecule has 1 aromatic rings. The van der Waals surface area contributed by atoms with Gasteiger partial charge in [-0.1, -0.05) is 62.0 Å². The monoisotopic (exact) mass is 355 g/mol. The Hall–Kier alpha value is -0.540. The summed E-state index contributed by atoms with van der Waals surface area (Å²) in [6, 6.07) is 6.80. The quantitative estimate of drug-likeness (QED) is 0.579. The van der Waals surface area contributed by atoms with E-state index in [1.54, 1.807) is 0 Å². The Bertz CT molecular complexity index is 408. The smallest absolute Gasteiger partial charge is 0.120 e. The van der Waals surface area contributed by atoms with Crippen LogP contribution in [0, 0.1) is 5.92 Å². The predicted molar refractivity (Wildman–Crippen MR) is 95.0 cm³/mol. The van der Waals surface area contributed by atoms with E-state index in [0.717, 1.165) is 16.8 Å². The molecular weight excluding hydrogens is 326 g/mol. The van der Waals surface area contributed by atoms with E-state index in [4.69, 9.17) is 4.74 Å². The van der Waals surface area contributed by atoms with Crippen molar-refractivity contribution in [2.45, 2.75) is 59.4 Å². The fraction of sp³-hybridized carbons (Fsp3) is 0.667. The number of rotatable bonds is 10. The first-order chi connectivity index (χ1) is 10.2. The lowest BCUT2D eigenvalue weighted by atomic mass is 9.87. The van der Waals surface area contributed by atoms with Crippen LogP contribution < -0.4 is 10.1 Å². The molecule has 0 amide bonds. The highest BCUT2D eigenvalue weighted by Crippen LogP contribution is 2.35. The van der Waals surface area contributed by atoms with E-state index in [0.29, 0.717) is 18.6 Å². The van der Waals surface area contributed by atoms with Gasteiger partial charge in [-0.15, -0.1) is 0 Å². The molecule has 0 aliphatic heterocycles. The van der Waals surface area contributed by atoms with Gasteiger partial charge in [0.15, 0.2) is 0 Å². The van der Waals surface area contributed by atoms with Crippen molar-refractivity contribution in [1.29, 1.82) is 0 Å². The van der Waals surface area contributed by atoms with Gasteiger partial charge < -0.3 is 10.1 Å². The number of hydrogen-bond acceptors (Lipinski definition) is 2. The first-order valence-electron chi connectivity index (χ1n) is 8.33. The van der Waals surface area contributed by atoms with E-state index in [9.17, 15) is 0 Å². The van der Waals surface area contributed by atoms with Gasteiger partial charge in [0.2, 0.25) is 0 Å². The second-order valence-electron chi connectivity index (χ2n) is 5.46. The fourth-order valence-corrected chi connectivity index (χ4v) is 3.44. The van der Waals surface area contributed by atoms with Crippen LogP contribution in [0.25, 0.3) is 0 Å². The lowest BCUT2D eigenvalue weighted by molar-refractivity contribution is 0.324. The Morgan fingerprint density at radius 1 is 1.19 bits per heavy atom. The molecule has 0 spiro atoms. The van der Waals surface area contributed by atoms with Gasteiger partial charge in [0, 0.05) is 10.5 Å². The van der Waals surface area contributed by atoms with Crippen LogP contribution in [0.5, 0.6) is 5.75 Å². The summed E-state index contributed by atoms with van der Waals surface area (Å²) in [5.41, 5.74) is 1.35. The maximum absolute atomic E-state index is 5.58. The number of hydrogen-bond donors (Lipinski definition) is 1. The molecule has 2 nitrogen and oxygen atoms in total. The molecule has 0 heterocycles. The summed E-state index contributed by atoms with van der Waals surface area (Å²) < 4.78 is 6.73. The van der Waals surface area contributed by atoms with Crippen molar-refractivity contribution in [2.24, 2.45) is 5.92 Å². The highest BCUT2D eigenvalue weighted by Gasteiger charge is 2.22. The van der Waals surface area contributed by atoms with Gasteiger partial charge in [-0.05, 0) is 43.5 Å². The first kappa shape index (κ1) is 18.5. The van der Waals surface area contributed by atoms with E-state index in [-0.39, 0.29) is 0 Å². The van der Waals surface area contributed by atoms with Gasteiger partial charge in [-0.3, -0.25) is 0 Å². The number of halogens is 1. The van der Waals surface area contributed by atoms with Crippen LogP contribution in [0.15, 0.2) is 22.7 Å². The van der Waals surface area contributed by atoms with Gasteiger partial charge in [0.05, 0.1) is 6.61 Å². The molecule has 0 saturated heterocycles. The summed E-state index contributed by atoms with van der Waals surface area (Å²) in [5, 5.41) is 3.68. The summed E-state index contributed by atoms with van der Waals surface area (Å²) in [4.78, 5) is 0. The van der Waals surface area contributed by atoms with Crippen LogP contribution in [-0.2, 0) is 0 Å². The minimum Gasteiger partial charge on any atom is -0.494 e. The molecule has 0 aliphatic carbocycles. The van der Waals surface area contributed by atoms with Crippen LogP contribution in [0.2, 0.25) is 0 Å². The molecule has 1 N–H and O–H groups in total. The van der Waals surface area contributed by atoms with Crippen molar-refractivity contribution in [3.63, 3.8) is 0 Å². The Kier molecular flexibility index (Phi) is 9.02. The van der Waals surface area contributed by atoms with Crippen molar-refractivity contribution in [3.8, 4) is 5.75 Å². The Labute approximate surface area is 138 Å². The summed E-state index contributed by atoms with van der Waals surface area (Å²) in [7, 11) is 0. The Balaban J connectivity index is 2.97. The molecule has 2 atom stereocenters. The third-order valence-corrected chi connectivity index (χ3v) is 4.65. The Morgan fingerprint density at radius 2 is 1.95 bits per heavy atom. The van der Waals surface area contributed by atoms with E-state index in [1.807, 2.05) is 6.92 Å². The summed E-state index contributed by atoms with van der Waals surface area (Å²) in [6.07, 6.45) is 5.05. The molecule has 0 radical (unpaired) electrons. The molecule has 1 rings (SSSR count). The van der Waals surface area contributed by atoms with Crippen LogP contribution in [0.4, 0.5) is 0 Å². The molecule has 0 aromatic heterocycles. The maximum atomic E-state index is 5.58. The average Bonchev–Trinajstić information content (AvgIpc) is 2.48. The largest absolute Gasteiger partial charge is 0.494 e. The van der Waals surface area contributed by atoms with Gasteiger partial charge in [-0.2, -0.15) is 0 Å². The zero-order valence-electron chi connectivity index (χ0n) is 13.9. The normalized spacial score (nSPS) is 14.0. The molecule has 2 unspecified atom stereocenters. The topological polar surface area (TPSA) is 21.3 Å². The molecule has 21 heavy (non-hydrogen) atoms. The van der Waals surface area contributed by atoms with Crippen molar-refractivity contribution >= 4 is 15.9 Å². The maximum Gasteiger partial charge on any atom is 0.120 e. The van der Waals surface area contributed by atoms with E-state index < -0.39 is 0 Å². The van der Waals surface area contributed by atoms with E-state index in [2.05, 4.69) is 60.2 Å². The molecule has 1 aromatic carbocycles. The standard InChI is InChI=1S/C18H30BrNO/c1-5-9-10-14(6-2)18(20-7-3)16-12-11-15(21-8-4)13-17(16)19/h11-14,18,20H,5-10H2,1-4H3. The lowest BCUT2D eigenvalue weighted by Crippen LogP contribution is -2.28. The third-order valence-electron chi connectivity index (χ3n) is 3.97. The Morgan fingerprint density at radius 3 is 2.48 bits per heavy atom. The zero-order valence-corrected chi connectivity index (χ0v) is 15.5. The van der Waals surface area contributed by atoms with Crippen LogP contribution in [0.3, 0.4) is 0 Å². The van der Waals surface area contributed by atoms with E-state index in [1.165, 1.54) is 31.2 Å². The van der Waals surface area contributed by atoms with Gasteiger partial charge in [-0.25, -0.2) is 0 Å². The van der Waals surface area contributed by atoms with Crippen LogP contribution >= 0.6 is 15.9 Å². The summed E-state index contributed by atoms with van der Waals surface area (Å²) >= 11 is 3.73. The van der Waals surface area contributed by atoms with Crippen molar-refractivity contribution in [1.82, 2.24) is 5.32 Å². The minimum atomic E-state index is 0.414. The number of nitrogens with one attached hydrogen (secondary N) is 1. The molecule has 3 heteroatoms. The van der Waals surface area contributed by atoms with Crippen LogP contribution in [-0.4, -0.2) is 13.2 Å². The zero-order chi connectivity index (χ0) is 15.7. The summed E-state index contributed by atoms with van der Waals surface area (Å²) in [6.45, 7) is 10.5. The first-order valence-corrected chi connectivity index (χ1v) is 9.12. The molecule has 0 saturated carbocycles. The van der Waals surface area contributed by atoms with Gasteiger partial charge >= 0.3 is 0 Å². The van der Waals surface area contributed by atoms with Crippen LogP contribution in [0.1, 0.15) is 65.0 Å². The third kappa shape index (κ3) is 5.63. The molecule has 0 fully saturated rings. The number of unbranched alkanes of at least 4 members (excludes halogenated alkanes) is 1. The predicted octanol–water partition coefficient (Wildman–Crippen LogP) is 5.71. The van der Waals surface area contributed by atoms with Crippen molar-refractivity contribution in [3.05, 3.63) is 28.2 Å². The van der Waals surface area contributed by atoms with Crippen molar-refractivity contribution in [2.75, 3.05) is 13.2 Å². The molecule has 0 bridgehead atoms. The van der Waals surface area contributed by atoms with Gasteiger partial charge in [0.25, 0.3) is 0 Å². The fourth-order valence-electron chi connectivity index (χ4n) is 2.84. The molecule has 0 aliphatic rings. The second kappa shape index (κ2) is 10.2. The number of benzene rings is 1. The SMILES string of the molecule is CCCCC(CC)C(NCC)c1ccc(OCC)cc1Br. The highest BCUT2D eigenvalue weighted by molar-refractivity contribution is 9.10. The molecular formula is C18H30BrNO.